The molecule has 0 aliphatic rings. The third-order valence-corrected chi connectivity index (χ3v) is 24.6. The Morgan fingerprint density at radius 3 is 0.460 bits per heavy atom. The number of hydrogen-bond donors (Lipinski definition) is 0. The van der Waals surface area contributed by atoms with Crippen molar-refractivity contribution in [3.8, 4) is 46.5 Å². The van der Waals surface area contributed by atoms with E-state index in [9.17, 15) is 52.7 Å². The van der Waals surface area contributed by atoms with Crippen molar-refractivity contribution < 1.29 is 137 Å². The topological polar surface area (TPSA) is 246 Å². The van der Waals surface area contributed by atoms with Gasteiger partial charge in [0.1, 0.15) is 0 Å². The molecule has 150 heavy (non-hydrogen) atoms. The third-order valence-electron chi connectivity index (χ3n) is 24.6. The molecule has 0 bridgehead atoms. The Labute approximate surface area is 925 Å². The number of alkyl halides is 12. The minimum Gasteiger partial charge on any atom is -0.343 e. The number of halogens is 12. The molecule has 804 valence electrons. The van der Waals surface area contributed by atoms with Gasteiger partial charge in [-0.25, -0.2) is 0 Å². The summed E-state index contributed by atoms with van der Waals surface area (Å²) in [6, 6.07) is 41.2. The van der Waals surface area contributed by atoms with Crippen LogP contribution in [0.5, 0.6) is 0 Å². The molecule has 0 aromatic carbocycles. The molecule has 40 heteroatoms. The number of pyridine rings is 8. The molecule has 0 radical (unpaired) electrons. The normalized spacial score (nSPS) is 12.7. The second kappa shape index (κ2) is 44.5. The van der Waals surface area contributed by atoms with Crippen molar-refractivity contribution in [3.05, 3.63) is 331 Å². The van der Waals surface area contributed by atoms with Gasteiger partial charge in [0.15, 0.2) is 0 Å². The van der Waals surface area contributed by atoms with Crippen molar-refractivity contribution >= 4 is 0 Å². The van der Waals surface area contributed by atoms with E-state index in [4.69, 9.17) is 30.1 Å². The summed E-state index contributed by atoms with van der Waals surface area (Å²) in [7, 11) is 0. The van der Waals surface area contributed by atoms with E-state index in [-0.39, 0.29) is 129 Å². The van der Waals surface area contributed by atoms with Crippen LogP contribution in [0.15, 0.2) is 146 Å². The molecule has 0 saturated heterocycles. The SMILES string of the molecule is CC(C)(C)c1cc(-n2[c-]cc(C(C)(C)C)n2)nc(C(C)(C)c2cc(C(C)(C)C)cc(-n3[c-]cc(C(C)(C)C)n3)n2)c1.CC(C)(C)c1cc(-n2[c-]cc(C(F)(F)F)n2)nc(C(C)(C)c2cc(C(C)(C)C)cc(-n3[c-]cc(C(F)(F)F)n3)n2)c1.Cc1cc(-n2[c-]cc(C(F)(F)F)n2)nc(C(C)(C)c2cc(C)cc(-n3[c-]cc(C(F)(F)F)n3)n2)c1.Cc1cc(-n2[c-]cc(C)n2)nc(C(C)(C)c2cc(C)cc(-n3[c-]cc(C)n3)n2)c1.[Pt+2].[Pt+2].[Pt+2].[Pt+2]. The monoisotopic (exact) mass is 2780 g/mol. The molecule has 0 saturated carbocycles. The van der Waals surface area contributed by atoms with Crippen molar-refractivity contribution in [1.29, 1.82) is 0 Å². The van der Waals surface area contributed by atoms with Gasteiger partial charge in [-0.2, -0.15) is 52.7 Å². The van der Waals surface area contributed by atoms with Gasteiger partial charge in [0, 0.05) is 67.2 Å². The third kappa shape index (κ3) is 28.6. The molecule has 0 aliphatic carbocycles. The van der Waals surface area contributed by atoms with Crippen LogP contribution in [0.4, 0.5) is 52.7 Å². The van der Waals surface area contributed by atoms with Gasteiger partial charge in [0.25, 0.3) is 0 Å². The predicted molar refractivity (Wildman–Crippen MR) is 531 cm³/mol. The molecule has 0 spiro atoms. The first-order valence-corrected chi connectivity index (χ1v) is 47.2. The van der Waals surface area contributed by atoms with Crippen LogP contribution in [0, 0.1) is 91.1 Å². The standard InChI is InChI=1S/C35H48N6.C29H30F6N6.C23H18F6N6.C23H24N6.4Pt/c1-31(2,3)23-19-27(36-29(21-23)40-17-15-25(38-40)33(7,8)9)35(13,14)28-20-24(32(4,5)6)22-30(37-28)41-18-16-26(39-41)34(10,11)12;1-25(2,3)17-13-21(36-23(15-17)40-11-9-19(38-40)28(30,31)32)27(7,8)22-14-18(26(4,5)6)16-24(37-22)41-12-10-20(39-41)29(33,34)35;1-13-9-17(30-19(11-13)34-7-5-15(32-34)22(24,25)26)21(3,4)18-10-14(2)12-20(31-18)35-8-6-16(33-35)23(27,28)29;1-15-11-19(24-21(13-15)28-9-7-17(3)26-28)23(5,6)20-12-16(2)14-22(25-20)29-10-8-18(4)27-29;;;;/h15-16,19-22H,1-14H3;9-10,13-16H,1-8H3;5-6,9-12H,1-4H3;7-8,11-14H,1-6H3;;;;/q4*-2;4*+2. The second-order valence-corrected chi connectivity index (χ2v) is 45.0. The fourth-order valence-electron chi connectivity index (χ4n) is 15.0. The Bertz CT molecular complexity index is 6770. The van der Waals surface area contributed by atoms with Crippen LogP contribution in [0.2, 0.25) is 0 Å². The molecule has 16 aromatic heterocycles. The van der Waals surface area contributed by atoms with Gasteiger partial charge in [-0.1, -0.05) is 259 Å². The largest absolute Gasteiger partial charge is 2.00 e. The van der Waals surface area contributed by atoms with E-state index in [2.05, 4.69) is 261 Å². The van der Waals surface area contributed by atoms with E-state index in [0.29, 0.717) is 33.9 Å². The maximum absolute atomic E-state index is 13.3. The Morgan fingerprint density at radius 1 is 0.173 bits per heavy atom. The Hall–Kier alpha value is -11.2. The molecule has 0 amide bonds. The van der Waals surface area contributed by atoms with Crippen LogP contribution in [0.1, 0.15) is 316 Å². The predicted octanol–water partition coefficient (Wildman–Crippen LogP) is 24.8. The number of aryl methyl sites for hydroxylation is 6. The first kappa shape index (κ1) is 122. The van der Waals surface area contributed by atoms with Gasteiger partial charge in [-0.05, 0) is 209 Å². The van der Waals surface area contributed by atoms with Crippen LogP contribution < -0.4 is 0 Å². The van der Waals surface area contributed by atoms with E-state index < -0.39 is 80.0 Å². The average molecular weight is 2790 g/mol. The maximum Gasteiger partial charge on any atom is 2.00 e. The number of hydrogen-bond acceptors (Lipinski definition) is 16. The van der Waals surface area contributed by atoms with Crippen molar-refractivity contribution in [2.75, 3.05) is 0 Å². The summed E-state index contributed by atoms with van der Waals surface area (Å²) in [6.07, 6.45) is 4.19. The minimum absolute atomic E-state index is 0. The molecule has 0 unspecified atom stereocenters. The summed E-state index contributed by atoms with van der Waals surface area (Å²) < 4.78 is 168. The quantitative estimate of drug-likeness (QED) is 0.0644. The van der Waals surface area contributed by atoms with Gasteiger partial charge < -0.3 is 37.5 Å². The molecule has 16 rings (SSSR count). The van der Waals surface area contributed by atoms with E-state index in [1.165, 1.54) is 11.1 Å². The molecular weight excluding hydrogens is 2670 g/mol. The zero-order chi connectivity index (χ0) is 108. The summed E-state index contributed by atoms with van der Waals surface area (Å²) in [4.78, 5) is 38.5. The van der Waals surface area contributed by atoms with Crippen molar-refractivity contribution in [1.82, 2.24) is 118 Å². The summed E-state index contributed by atoms with van der Waals surface area (Å²) in [5.41, 5.74) is 8.70. The van der Waals surface area contributed by atoms with Crippen molar-refractivity contribution in [2.24, 2.45) is 0 Å². The van der Waals surface area contributed by atoms with Gasteiger partial charge in [-0.15, -0.1) is 48.5 Å². The summed E-state index contributed by atoms with van der Waals surface area (Å²) in [5.74, 6) is 3.57. The molecule has 24 nitrogen and oxygen atoms in total. The van der Waals surface area contributed by atoms with Crippen LogP contribution in [-0.4, -0.2) is 118 Å². The molecule has 0 N–H and O–H groups in total. The fraction of sp³-hybridized carbons (Fsp3) is 0.418. The summed E-state index contributed by atoms with van der Waals surface area (Å²) >= 11 is 0. The number of rotatable bonds is 16. The molecule has 16 heterocycles. The minimum atomic E-state index is -4.64. The second-order valence-electron chi connectivity index (χ2n) is 45.0. The van der Waals surface area contributed by atoms with Crippen molar-refractivity contribution in [3.63, 3.8) is 0 Å². The van der Waals surface area contributed by atoms with Gasteiger partial charge >= 0.3 is 109 Å². The van der Waals surface area contributed by atoms with Gasteiger partial charge in [0.2, 0.25) is 0 Å². The molecule has 16 aromatic rings. The van der Waals surface area contributed by atoms with Crippen LogP contribution >= 0.6 is 0 Å². The van der Waals surface area contributed by atoms with E-state index in [0.717, 1.165) is 134 Å². The zero-order valence-electron chi connectivity index (χ0n) is 89.4. The van der Waals surface area contributed by atoms with E-state index in [1.54, 1.807) is 82.8 Å². The van der Waals surface area contributed by atoms with Crippen LogP contribution in [-0.2, 0) is 163 Å². The Morgan fingerprint density at radius 2 is 0.320 bits per heavy atom. The Balaban J connectivity index is 0.000000222. The van der Waals surface area contributed by atoms with Crippen LogP contribution in [0.25, 0.3) is 46.5 Å². The maximum atomic E-state index is 13.3. The summed E-state index contributed by atoms with van der Waals surface area (Å²) in [5, 5.41) is 33.0. The molecule has 0 fully saturated rings. The average Bonchev–Trinajstić information content (AvgIpc) is 1.31. The Kier molecular flexibility index (Phi) is 36.3. The first-order valence-electron chi connectivity index (χ1n) is 47.2. The molecule has 0 atom stereocenters. The smallest absolute Gasteiger partial charge is 0.343 e. The molecule has 0 aliphatic heterocycles. The number of nitrogens with zero attached hydrogens (tertiary/aromatic N) is 24. The van der Waals surface area contributed by atoms with Crippen molar-refractivity contribution in [2.45, 2.75) is 300 Å². The summed E-state index contributed by atoms with van der Waals surface area (Å²) in [6.45, 7) is 65.6. The first-order chi connectivity index (χ1) is 67.0. The fourth-order valence-corrected chi connectivity index (χ4v) is 15.0. The number of aromatic nitrogens is 24. The van der Waals surface area contributed by atoms with Gasteiger partial charge in [0.05, 0.1) is 69.3 Å². The van der Waals surface area contributed by atoms with E-state index in [1.807, 2.05) is 118 Å². The van der Waals surface area contributed by atoms with Gasteiger partial charge in [-0.3, -0.25) is 80.7 Å². The van der Waals surface area contributed by atoms with Crippen LogP contribution in [0.3, 0.4) is 0 Å². The van der Waals surface area contributed by atoms with E-state index >= 15 is 0 Å². The molecular formula is C110H120F12N24Pt4. The zero-order valence-corrected chi connectivity index (χ0v) is 98.5.